The molecule has 0 aliphatic carbocycles. The molecule has 1 N–H and O–H groups in total. The van der Waals surface area contributed by atoms with Gasteiger partial charge in [0.1, 0.15) is 0 Å². The molecule has 5 heteroatoms. The molecule has 1 aliphatic heterocycles. The number of nitrogens with zero attached hydrogens (tertiary/aromatic N) is 1. The topological polar surface area (TPSA) is 44.7 Å². The summed E-state index contributed by atoms with van der Waals surface area (Å²) in [5, 5.41) is 3.66. The van der Waals surface area contributed by atoms with E-state index in [1.54, 1.807) is 21.3 Å². The lowest BCUT2D eigenvalue weighted by Crippen LogP contribution is -2.22. The Morgan fingerprint density at radius 1 is 0.885 bits per heavy atom. The van der Waals surface area contributed by atoms with Crippen molar-refractivity contribution in [3.8, 4) is 22.9 Å². The van der Waals surface area contributed by atoms with Crippen LogP contribution in [-0.4, -0.2) is 25.9 Å². The zero-order valence-corrected chi connectivity index (χ0v) is 15.2. The largest absolute Gasteiger partial charge is 0.493 e. The SMILES string of the molecule is COc1ccc([C@H]2NCc3ccccc3-n3cccc32)c(OC)c1OC. The molecule has 0 fully saturated rings. The second kappa shape index (κ2) is 6.77. The van der Waals surface area contributed by atoms with Crippen LogP contribution in [0.25, 0.3) is 5.69 Å². The van der Waals surface area contributed by atoms with E-state index >= 15 is 0 Å². The second-order valence-corrected chi connectivity index (χ2v) is 6.17. The Morgan fingerprint density at radius 2 is 1.69 bits per heavy atom. The molecular weight excluding hydrogens is 328 g/mol. The van der Waals surface area contributed by atoms with Crippen LogP contribution >= 0.6 is 0 Å². The van der Waals surface area contributed by atoms with Crippen molar-refractivity contribution in [2.45, 2.75) is 12.6 Å². The number of rotatable bonds is 4. The number of nitrogens with one attached hydrogen (secondary N) is 1. The van der Waals surface area contributed by atoms with E-state index in [1.807, 2.05) is 12.1 Å². The fraction of sp³-hybridized carbons (Fsp3) is 0.238. The molecule has 4 rings (SSSR count). The molecule has 0 amide bonds. The Labute approximate surface area is 153 Å². The minimum Gasteiger partial charge on any atom is -0.493 e. The Balaban J connectivity index is 1.88. The van der Waals surface area contributed by atoms with Gasteiger partial charge in [-0.1, -0.05) is 18.2 Å². The highest BCUT2D eigenvalue weighted by Crippen LogP contribution is 2.44. The van der Waals surface area contributed by atoms with Gasteiger partial charge in [-0.3, -0.25) is 0 Å². The summed E-state index contributed by atoms with van der Waals surface area (Å²) in [6.45, 7) is 0.764. The molecule has 3 aromatic rings. The molecule has 1 aromatic heterocycles. The van der Waals surface area contributed by atoms with Gasteiger partial charge in [-0.2, -0.15) is 0 Å². The number of methoxy groups -OCH3 is 3. The molecular formula is C21H22N2O3. The maximum atomic E-state index is 5.72. The predicted molar refractivity (Wildman–Crippen MR) is 101 cm³/mol. The van der Waals surface area contributed by atoms with E-state index in [0.29, 0.717) is 17.2 Å². The lowest BCUT2D eigenvalue weighted by molar-refractivity contribution is 0.320. The molecule has 134 valence electrons. The van der Waals surface area contributed by atoms with E-state index in [4.69, 9.17) is 14.2 Å². The Kier molecular flexibility index (Phi) is 4.31. The van der Waals surface area contributed by atoms with Crippen molar-refractivity contribution in [3.63, 3.8) is 0 Å². The lowest BCUT2D eigenvalue weighted by Gasteiger charge is -2.23. The molecule has 2 aromatic carbocycles. The van der Waals surface area contributed by atoms with Crippen molar-refractivity contribution in [2.75, 3.05) is 21.3 Å². The maximum Gasteiger partial charge on any atom is 0.203 e. The molecule has 0 unspecified atom stereocenters. The first-order valence-corrected chi connectivity index (χ1v) is 8.56. The highest BCUT2D eigenvalue weighted by atomic mass is 16.5. The van der Waals surface area contributed by atoms with Gasteiger partial charge in [0, 0.05) is 29.7 Å². The summed E-state index contributed by atoms with van der Waals surface area (Å²) >= 11 is 0. The minimum absolute atomic E-state index is 0.0350. The maximum absolute atomic E-state index is 5.72. The molecule has 0 saturated heterocycles. The molecule has 5 nitrogen and oxygen atoms in total. The number of fused-ring (bicyclic) bond motifs is 3. The molecule has 0 saturated carbocycles. The zero-order valence-electron chi connectivity index (χ0n) is 15.2. The van der Waals surface area contributed by atoms with Crippen LogP contribution < -0.4 is 19.5 Å². The van der Waals surface area contributed by atoms with Crippen molar-refractivity contribution in [1.29, 1.82) is 0 Å². The van der Waals surface area contributed by atoms with E-state index in [9.17, 15) is 0 Å². The van der Waals surface area contributed by atoms with Gasteiger partial charge in [0.05, 0.1) is 27.4 Å². The highest BCUT2D eigenvalue weighted by Gasteiger charge is 2.27. The van der Waals surface area contributed by atoms with E-state index in [2.05, 4.69) is 52.5 Å². The van der Waals surface area contributed by atoms with Crippen molar-refractivity contribution in [1.82, 2.24) is 9.88 Å². The molecule has 0 radical (unpaired) electrons. The molecule has 2 heterocycles. The number of hydrogen-bond donors (Lipinski definition) is 1. The van der Waals surface area contributed by atoms with Gasteiger partial charge in [0.25, 0.3) is 0 Å². The van der Waals surface area contributed by atoms with Gasteiger partial charge in [-0.05, 0) is 35.9 Å². The van der Waals surface area contributed by atoms with E-state index in [0.717, 1.165) is 17.8 Å². The predicted octanol–water partition coefficient (Wildman–Crippen LogP) is 3.70. The van der Waals surface area contributed by atoms with Gasteiger partial charge < -0.3 is 24.1 Å². The summed E-state index contributed by atoms with van der Waals surface area (Å²) in [6, 6.07) is 16.6. The summed E-state index contributed by atoms with van der Waals surface area (Å²) in [7, 11) is 4.91. The quantitative estimate of drug-likeness (QED) is 0.779. The van der Waals surface area contributed by atoms with Crippen LogP contribution in [0.1, 0.15) is 22.9 Å². The Morgan fingerprint density at radius 3 is 2.46 bits per heavy atom. The summed E-state index contributed by atoms with van der Waals surface area (Å²) in [5.41, 5.74) is 4.62. The summed E-state index contributed by atoms with van der Waals surface area (Å²) in [4.78, 5) is 0. The van der Waals surface area contributed by atoms with Gasteiger partial charge in [-0.15, -0.1) is 0 Å². The van der Waals surface area contributed by atoms with Crippen molar-refractivity contribution in [2.24, 2.45) is 0 Å². The Bertz CT molecular complexity index is 933. The van der Waals surface area contributed by atoms with Crippen LogP contribution in [0.4, 0.5) is 0 Å². The lowest BCUT2D eigenvalue weighted by atomic mass is 10.0. The molecule has 26 heavy (non-hydrogen) atoms. The van der Waals surface area contributed by atoms with E-state index in [-0.39, 0.29) is 6.04 Å². The van der Waals surface area contributed by atoms with Crippen LogP contribution in [0.5, 0.6) is 17.2 Å². The van der Waals surface area contributed by atoms with Gasteiger partial charge >= 0.3 is 0 Å². The molecule has 0 bridgehead atoms. The number of ether oxygens (including phenoxy) is 3. The second-order valence-electron chi connectivity index (χ2n) is 6.17. The van der Waals surface area contributed by atoms with Crippen LogP contribution in [0.15, 0.2) is 54.7 Å². The van der Waals surface area contributed by atoms with Crippen molar-refractivity contribution < 1.29 is 14.2 Å². The molecule has 1 aliphatic rings. The first-order valence-electron chi connectivity index (χ1n) is 8.56. The highest BCUT2D eigenvalue weighted by molar-refractivity contribution is 5.58. The fourth-order valence-electron chi connectivity index (χ4n) is 3.68. The number of para-hydroxylation sites is 1. The average Bonchev–Trinajstić information content (AvgIpc) is 3.11. The molecule has 0 spiro atoms. The minimum atomic E-state index is -0.0350. The van der Waals surface area contributed by atoms with Gasteiger partial charge in [0.15, 0.2) is 11.5 Å². The zero-order chi connectivity index (χ0) is 18.1. The third-order valence-corrected chi connectivity index (χ3v) is 4.87. The van der Waals surface area contributed by atoms with Crippen LogP contribution in [0.2, 0.25) is 0 Å². The van der Waals surface area contributed by atoms with Crippen molar-refractivity contribution >= 4 is 0 Å². The fourth-order valence-corrected chi connectivity index (χ4v) is 3.68. The Hall–Kier alpha value is -2.92. The van der Waals surface area contributed by atoms with Crippen LogP contribution in [-0.2, 0) is 6.54 Å². The first kappa shape index (κ1) is 16.5. The van der Waals surface area contributed by atoms with Crippen molar-refractivity contribution in [3.05, 3.63) is 71.5 Å². The summed E-state index contributed by atoms with van der Waals surface area (Å²) in [6.07, 6.45) is 2.10. The number of aromatic nitrogens is 1. The number of benzene rings is 2. The molecule has 1 atom stereocenters. The van der Waals surface area contributed by atoms with Crippen LogP contribution in [0, 0.1) is 0 Å². The van der Waals surface area contributed by atoms with Gasteiger partial charge in [0.2, 0.25) is 5.75 Å². The summed E-state index contributed by atoms with van der Waals surface area (Å²) in [5.74, 6) is 1.94. The normalized spacial score (nSPS) is 15.6. The standard InChI is InChI=1S/C21H22N2O3/c1-24-18-11-10-15(20(25-2)21(18)26-3)19-17-9-6-12-23(17)16-8-5-4-7-14(16)13-22-19/h4-12,19,22H,13H2,1-3H3/t19-/m1/s1. The van der Waals surface area contributed by atoms with E-state index < -0.39 is 0 Å². The smallest absolute Gasteiger partial charge is 0.203 e. The van der Waals surface area contributed by atoms with Gasteiger partial charge in [-0.25, -0.2) is 0 Å². The summed E-state index contributed by atoms with van der Waals surface area (Å²) < 4.78 is 18.9. The average molecular weight is 350 g/mol. The third-order valence-electron chi connectivity index (χ3n) is 4.87. The van der Waals surface area contributed by atoms with Crippen LogP contribution in [0.3, 0.4) is 0 Å². The first-order chi connectivity index (χ1) is 12.8. The van der Waals surface area contributed by atoms with E-state index in [1.165, 1.54) is 11.3 Å². The number of hydrogen-bond acceptors (Lipinski definition) is 4. The third kappa shape index (κ3) is 2.52. The monoisotopic (exact) mass is 350 g/mol.